The molecule has 6 heteroatoms. The molecule has 0 unspecified atom stereocenters. The van der Waals surface area contributed by atoms with Crippen molar-refractivity contribution in [1.29, 1.82) is 0 Å². The van der Waals surface area contributed by atoms with E-state index in [0.717, 1.165) is 5.56 Å². The van der Waals surface area contributed by atoms with Crippen LogP contribution in [0.4, 0.5) is 16.2 Å². The van der Waals surface area contributed by atoms with Gasteiger partial charge in [-0.3, -0.25) is 4.79 Å². The monoisotopic (exact) mass is 375 g/mol. The highest BCUT2D eigenvalue weighted by Crippen LogP contribution is 2.28. The van der Waals surface area contributed by atoms with Crippen LogP contribution in [0.25, 0.3) is 0 Å². The van der Waals surface area contributed by atoms with E-state index in [1.807, 2.05) is 61.5 Å². The average Bonchev–Trinajstić information content (AvgIpc) is 2.70. The SMILES string of the molecule is Cc1ccccc1NC(=O)NCC(=O)Nc1ccccc1Oc1ccccc1. The summed E-state index contributed by atoms with van der Waals surface area (Å²) >= 11 is 0. The van der Waals surface area contributed by atoms with Crippen LogP contribution in [-0.2, 0) is 4.79 Å². The van der Waals surface area contributed by atoms with Gasteiger partial charge in [-0.25, -0.2) is 4.79 Å². The number of urea groups is 1. The number of benzene rings is 3. The van der Waals surface area contributed by atoms with Crippen LogP contribution in [0.15, 0.2) is 78.9 Å². The number of aryl methyl sites for hydroxylation is 1. The highest BCUT2D eigenvalue weighted by molar-refractivity contribution is 5.97. The minimum absolute atomic E-state index is 0.169. The van der Waals surface area contributed by atoms with E-state index < -0.39 is 6.03 Å². The van der Waals surface area contributed by atoms with Crippen LogP contribution in [0.5, 0.6) is 11.5 Å². The fourth-order valence-electron chi connectivity index (χ4n) is 2.51. The molecule has 0 aliphatic heterocycles. The van der Waals surface area contributed by atoms with Crippen LogP contribution in [0.3, 0.4) is 0 Å². The molecule has 6 nitrogen and oxygen atoms in total. The van der Waals surface area contributed by atoms with Gasteiger partial charge in [0.15, 0.2) is 5.75 Å². The zero-order valence-electron chi connectivity index (χ0n) is 15.4. The highest BCUT2D eigenvalue weighted by Gasteiger charge is 2.10. The van der Waals surface area contributed by atoms with Crippen molar-refractivity contribution >= 4 is 23.3 Å². The van der Waals surface area contributed by atoms with Gasteiger partial charge in [0.05, 0.1) is 12.2 Å². The predicted octanol–water partition coefficient (Wildman–Crippen LogP) is 4.55. The van der Waals surface area contributed by atoms with Gasteiger partial charge < -0.3 is 20.7 Å². The molecule has 28 heavy (non-hydrogen) atoms. The van der Waals surface area contributed by atoms with Gasteiger partial charge in [0, 0.05) is 5.69 Å². The quantitative estimate of drug-likeness (QED) is 0.591. The molecule has 0 fully saturated rings. The molecule has 0 bridgehead atoms. The maximum absolute atomic E-state index is 12.2. The molecule has 0 atom stereocenters. The van der Waals surface area contributed by atoms with Crippen molar-refractivity contribution < 1.29 is 14.3 Å². The zero-order valence-corrected chi connectivity index (χ0v) is 15.4. The van der Waals surface area contributed by atoms with Crippen molar-refractivity contribution in [2.75, 3.05) is 17.2 Å². The molecule has 3 N–H and O–H groups in total. The third kappa shape index (κ3) is 5.35. The summed E-state index contributed by atoms with van der Waals surface area (Å²) < 4.78 is 5.81. The van der Waals surface area contributed by atoms with E-state index in [1.54, 1.807) is 24.3 Å². The molecule has 0 saturated heterocycles. The summed E-state index contributed by atoms with van der Waals surface area (Å²) in [6, 6.07) is 23.4. The van der Waals surface area contributed by atoms with Gasteiger partial charge >= 0.3 is 6.03 Å². The maximum atomic E-state index is 12.2. The van der Waals surface area contributed by atoms with Crippen molar-refractivity contribution in [1.82, 2.24) is 5.32 Å². The summed E-state index contributed by atoms with van der Waals surface area (Å²) in [5.41, 5.74) is 2.16. The van der Waals surface area contributed by atoms with Crippen molar-refractivity contribution in [2.45, 2.75) is 6.92 Å². The van der Waals surface area contributed by atoms with Crippen molar-refractivity contribution in [3.05, 3.63) is 84.4 Å². The first-order valence-electron chi connectivity index (χ1n) is 8.84. The molecule has 0 aliphatic rings. The Bertz CT molecular complexity index is 958. The number of rotatable bonds is 6. The number of amides is 3. The number of carbonyl (C=O) groups is 2. The lowest BCUT2D eigenvalue weighted by Gasteiger charge is -2.13. The molecule has 0 aromatic heterocycles. The van der Waals surface area contributed by atoms with E-state index in [1.165, 1.54) is 0 Å². The molecule has 0 radical (unpaired) electrons. The number of anilines is 2. The first kappa shape index (κ1) is 19.0. The lowest BCUT2D eigenvalue weighted by atomic mass is 10.2. The van der Waals surface area contributed by atoms with Crippen LogP contribution in [0.1, 0.15) is 5.56 Å². The number of nitrogens with one attached hydrogen (secondary N) is 3. The van der Waals surface area contributed by atoms with Gasteiger partial charge in [0.25, 0.3) is 0 Å². The van der Waals surface area contributed by atoms with Gasteiger partial charge in [-0.2, -0.15) is 0 Å². The van der Waals surface area contributed by atoms with E-state index in [-0.39, 0.29) is 12.5 Å². The first-order chi connectivity index (χ1) is 13.6. The predicted molar refractivity (Wildman–Crippen MR) is 110 cm³/mol. The van der Waals surface area contributed by atoms with E-state index in [2.05, 4.69) is 16.0 Å². The summed E-state index contributed by atoms with van der Waals surface area (Å²) in [7, 11) is 0. The Labute approximate surface area is 163 Å². The molecule has 3 rings (SSSR count). The molecular formula is C22H21N3O3. The van der Waals surface area contributed by atoms with E-state index in [0.29, 0.717) is 22.9 Å². The molecule has 142 valence electrons. The third-order valence-electron chi connectivity index (χ3n) is 3.93. The molecule has 0 saturated carbocycles. The highest BCUT2D eigenvalue weighted by atomic mass is 16.5. The fourth-order valence-corrected chi connectivity index (χ4v) is 2.51. The van der Waals surface area contributed by atoms with Crippen LogP contribution in [-0.4, -0.2) is 18.5 Å². The van der Waals surface area contributed by atoms with Gasteiger partial charge in [-0.15, -0.1) is 0 Å². The molecule has 3 aromatic rings. The molecule has 0 aliphatic carbocycles. The van der Waals surface area contributed by atoms with Crippen molar-refractivity contribution in [3.8, 4) is 11.5 Å². The van der Waals surface area contributed by atoms with Crippen molar-refractivity contribution in [2.24, 2.45) is 0 Å². The number of ether oxygens (including phenoxy) is 1. The third-order valence-corrected chi connectivity index (χ3v) is 3.93. The Morgan fingerprint density at radius 3 is 2.18 bits per heavy atom. The van der Waals surface area contributed by atoms with Gasteiger partial charge in [-0.05, 0) is 42.8 Å². The Balaban J connectivity index is 1.55. The molecule has 3 aromatic carbocycles. The number of hydrogen-bond acceptors (Lipinski definition) is 3. The second kappa shape index (κ2) is 9.23. The summed E-state index contributed by atoms with van der Waals surface area (Å²) in [5.74, 6) is 0.829. The number of hydrogen-bond donors (Lipinski definition) is 3. The molecule has 0 heterocycles. The van der Waals surface area contributed by atoms with Gasteiger partial charge in [0.2, 0.25) is 5.91 Å². The largest absolute Gasteiger partial charge is 0.455 e. The van der Waals surface area contributed by atoms with Gasteiger partial charge in [-0.1, -0.05) is 48.5 Å². The Morgan fingerprint density at radius 1 is 0.786 bits per heavy atom. The van der Waals surface area contributed by atoms with E-state index in [4.69, 9.17) is 4.74 Å². The Kier molecular flexibility index (Phi) is 6.25. The smallest absolute Gasteiger partial charge is 0.319 e. The minimum Gasteiger partial charge on any atom is -0.455 e. The summed E-state index contributed by atoms with van der Waals surface area (Å²) in [6.07, 6.45) is 0. The van der Waals surface area contributed by atoms with Crippen LogP contribution in [0, 0.1) is 6.92 Å². The zero-order chi connectivity index (χ0) is 19.8. The summed E-state index contributed by atoms with van der Waals surface area (Å²) in [4.78, 5) is 24.2. The fraction of sp³-hybridized carbons (Fsp3) is 0.0909. The lowest BCUT2D eigenvalue weighted by molar-refractivity contribution is -0.115. The lowest BCUT2D eigenvalue weighted by Crippen LogP contribution is -2.36. The normalized spacial score (nSPS) is 10.0. The maximum Gasteiger partial charge on any atom is 0.319 e. The van der Waals surface area contributed by atoms with Crippen LogP contribution < -0.4 is 20.7 Å². The summed E-state index contributed by atoms with van der Waals surface area (Å²) in [5, 5.41) is 8.02. The number of carbonyl (C=O) groups excluding carboxylic acids is 2. The van der Waals surface area contributed by atoms with E-state index in [9.17, 15) is 9.59 Å². The molecular weight excluding hydrogens is 354 g/mol. The van der Waals surface area contributed by atoms with Gasteiger partial charge in [0.1, 0.15) is 5.75 Å². The minimum atomic E-state index is -0.446. The standard InChI is InChI=1S/C22H21N3O3/c1-16-9-5-6-12-18(16)25-22(27)23-15-21(26)24-19-13-7-8-14-20(19)28-17-10-3-2-4-11-17/h2-14H,15H2,1H3,(H,24,26)(H2,23,25,27). The Hall–Kier alpha value is -3.80. The average molecular weight is 375 g/mol. The Morgan fingerprint density at radius 2 is 1.43 bits per heavy atom. The second-order valence-corrected chi connectivity index (χ2v) is 6.08. The topological polar surface area (TPSA) is 79.5 Å². The summed E-state index contributed by atoms with van der Waals surface area (Å²) in [6.45, 7) is 1.73. The van der Waals surface area contributed by atoms with Crippen LogP contribution >= 0.6 is 0 Å². The number of para-hydroxylation sites is 4. The first-order valence-corrected chi connectivity index (χ1v) is 8.84. The van der Waals surface area contributed by atoms with Crippen molar-refractivity contribution in [3.63, 3.8) is 0 Å². The second-order valence-electron chi connectivity index (χ2n) is 6.08. The molecule has 3 amide bonds. The molecule has 0 spiro atoms. The van der Waals surface area contributed by atoms with Crippen LogP contribution in [0.2, 0.25) is 0 Å². The van der Waals surface area contributed by atoms with E-state index >= 15 is 0 Å².